The van der Waals surface area contributed by atoms with Crippen LogP contribution in [0.2, 0.25) is 0 Å². The van der Waals surface area contributed by atoms with E-state index in [0.29, 0.717) is 0 Å². The van der Waals surface area contributed by atoms with Crippen molar-refractivity contribution < 1.29 is 14.7 Å². The molecule has 2 N–H and O–H groups in total. The zero-order valence-corrected chi connectivity index (χ0v) is 10.8. The van der Waals surface area contributed by atoms with E-state index in [0.717, 1.165) is 11.3 Å². The van der Waals surface area contributed by atoms with Gasteiger partial charge in [-0.15, -0.1) is 0 Å². The summed E-state index contributed by atoms with van der Waals surface area (Å²) in [4.78, 5) is 23.9. The van der Waals surface area contributed by atoms with Gasteiger partial charge in [0.25, 0.3) is 0 Å². The van der Waals surface area contributed by atoms with Crippen LogP contribution < -0.4 is 10.2 Å². The van der Waals surface area contributed by atoms with Crippen LogP contribution in [0.1, 0.15) is 18.9 Å². The zero-order chi connectivity index (χ0) is 13.7. The Morgan fingerprint density at radius 2 is 2.00 bits per heavy atom. The number of carbonyl (C=O) groups excluding carboxylic acids is 1. The first-order chi connectivity index (χ1) is 8.41. The molecule has 0 heterocycles. The number of urea groups is 1. The highest BCUT2D eigenvalue weighted by atomic mass is 16.4. The van der Waals surface area contributed by atoms with Gasteiger partial charge in [0.2, 0.25) is 0 Å². The van der Waals surface area contributed by atoms with Gasteiger partial charge in [0.05, 0.1) is 6.42 Å². The molecule has 0 aliphatic heterocycles. The lowest BCUT2D eigenvalue weighted by molar-refractivity contribution is -0.137. The second kappa shape index (κ2) is 6.05. The maximum absolute atomic E-state index is 11.9. The molecule has 0 spiro atoms. The summed E-state index contributed by atoms with van der Waals surface area (Å²) in [5, 5.41) is 11.3. The maximum atomic E-state index is 11.9. The Bertz CT molecular complexity index is 446. The van der Waals surface area contributed by atoms with Gasteiger partial charge in [0.15, 0.2) is 0 Å². The lowest BCUT2D eigenvalue weighted by Gasteiger charge is -2.22. The summed E-state index contributed by atoms with van der Waals surface area (Å²) in [6, 6.07) is 6.81. The number of carboxylic acid groups (broad SMARTS) is 1. The molecular weight excluding hydrogens is 232 g/mol. The molecule has 18 heavy (non-hydrogen) atoms. The number of benzene rings is 1. The van der Waals surface area contributed by atoms with Crippen LogP contribution in [0, 0.1) is 6.92 Å². The zero-order valence-electron chi connectivity index (χ0n) is 10.8. The van der Waals surface area contributed by atoms with E-state index in [9.17, 15) is 9.59 Å². The molecule has 1 aromatic rings. The number of amides is 2. The number of carbonyl (C=O) groups is 2. The van der Waals surface area contributed by atoms with E-state index in [-0.39, 0.29) is 12.5 Å². The number of hydrogen-bond donors (Lipinski definition) is 2. The third-order valence-electron chi connectivity index (χ3n) is 2.63. The molecule has 0 aliphatic rings. The van der Waals surface area contributed by atoms with Gasteiger partial charge in [-0.3, -0.25) is 9.69 Å². The predicted octanol–water partition coefficient (Wildman–Crippen LogP) is 2.00. The average Bonchev–Trinajstić information content (AvgIpc) is 2.27. The van der Waals surface area contributed by atoms with Crippen LogP contribution >= 0.6 is 0 Å². The van der Waals surface area contributed by atoms with Crippen molar-refractivity contribution >= 4 is 17.7 Å². The van der Waals surface area contributed by atoms with Crippen molar-refractivity contribution in [1.82, 2.24) is 5.32 Å². The van der Waals surface area contributed by atoms with E-state index in [1.54, 1.807) is 14.0 Å². The third-order valence-corrected chi connectivity index (χ3v) is 2.63. The molecule has 0 bridgehead atoms. The first kappa shape index (κ1) is 14.0. The van der Waals surface area contributed by atoms with Gasteiger partial charge < -0.3 is 10.4 Å². The number of rotatable bonds is 4. The molecule has 1 rings (SSSR count). The van der Waals surface area contributed by atoms with Gasteiger partial charge in [-0.25, -0.2) is 4.79 Å². The SMILES string of the molecule is Cc1ccccc1N(C)C(=O)NC(C)CC(=O)O. The molecule has 0 radical (unpaired) electrons. The van der Waals surface area contributed by atoms with E-state index in [4.69, 9.17) is 5.11 Å². The minimum Gasteiger partial charge on any atom is -0.481 e. The molecular formula is C13H18N2O3. The van der Waals surface area contributed by atoms with Gasteiger partial charge in [0, 0.05) is 18.8 Å². The van der Waals surface area contributed by atoms with Crippen LogP contribution in [-0.2, 0) is 4.79 Å². The van der Waals surface area contributed by atoms with Crippen LogP contribution in [0.15, 0.2) is 24.3 Å². The Labute approximate surface area is 106 Å². The van der Waals surface area contributed by atoms with Crippen molar-refractivity contribution in [2.45, 2.75) is 26.3 Å². The Balaban J connectivity index is 2.67. The Morgan fingerprint density at radius 3 is 2.56 bits per heavy atom. The number of anilines is 1. The normalized spacial score (nSPS) is 11.7. The Morgan fingerprint density at radius 1 is 1.39 bits per heavy atom. The van der Waals surface area contributed by atoms with E-state index < -0.39 is 12.0 Å². The highest BCUT2D eigenvalue weighted by molar-refractivity contribution is 5.92. The fourth-order valence-corrected chi connectivity index (χ4v) is 1.67. The molecule has 0 fully saturated rings. The number of nitrogens with zero attached hydrogens (tertiary/aromatic N) is 1. The van der Waals surface area contributed by atoms with E-state index in [2.05, 4.69) is 5.32 Å². The first-order valence-corrected chi connectivity index (χ1v) is 5.73. The third kappa shape index (κ3) is 3.76. The fourth-order valence-electron chi connectivity index (χ4n) is 1.67. The number of nitrogens with one attached hydrogen (secondary N) is 1. The summed E-state index contributed by atoms with van der Waals surface area (Å²) in [5.74, 6) is -0.929. The number of hydrogen-bond acceptors (Lipinski definition) is 2. The van der Waals surface area contributed by atoms with Crippen molar-refractivity contribution in [2.24, 2.45) is 0 Å². The van der Waals surface area contributed by atoms with Crippen molar-refractivity contribution in [2.75, 3.05) is 11.9 Å². The molecule has 1 aromatic carbocycles. The van der Waals surface area contributed by atoms with Gasteiger partial charge >= 0.3 is 12.0 Å². The molecule has 0 saturated carbocycles. The van der Waals surface area contributed by atoms with Crippen LogP contribution in [0.25, 0.3) is 0 Å². The molecule has 98 valence electrons. The molecule has 1 atom stereocenters. The Kier molecular flexibility index (Phi) is 4.71. The standard InChI is InChI=1S/C13H18N2O3/c1-9-6-4-5-7-11(9)15(3)13(18)14-10(2)8-12(16)17/h4-7,10H,8H2,1-3H3,(H,14,18)(H,16,17). The summed E-state index contributed by atoms with van der Waals surface area (Å²) < 4.78 is 0. The monoisotopic (exact) mass is 250 g/mol. The number of aryl methyl sites for hydroxylation is 1. The van der Waals surface area contributed by atoms with Gasteiger partial charge in [-0.1, -0.05) is 18.2 Å². The largest absolute Gasteiger partial charge is 0.481 e. The smallest absolute Gasteiger partial charge is 0.321 e. The van der Waals surface area contributed by atoms with Crippen molar-refractivity contribution in [3.05, 3.63) is 29.8 Å². The van der Waals surface area contributed by atoms with E-state index in [1.807, 2.05) is 31.2 Å². The van der Waals surface area contributed by atoms with E-state index in [1.165, 1.54) is 4.90 Å². The lowest BCUT2D eigenvalue weighted by Crippen LogP contribution is -2.43. The maximum Gasteiger partial charge on any atom is 0.321 e. The lowest BCUT2D eigenvalue weighted by atomic mass is 10.2. The highest BCUT2D eigenvalue weighted by Crippen LogP contribution is 2.17. The molecule has 5 heteroatoms. The summed E-state index contributed by atoms with van der Waals surface area (Å²) in [6.07, 6.45) is -0.0899. The van der Waals surface area contributed by atoms with Crippen molar-refractivity contribution in [3.8, 4) is 0 Å². The summed E-state index contributed by atoms with van der Waals surface area (Å²) in [5.41, 5.74) is 1.79. The molecule has 0 aliphatic carbocycles. The molecule has 1 unspecified atom stereocenters. The van der Waals surface area contributed by atoms with Crippen molar-refractivity contribution in [1.29, 1.82) is 0 Å². The van der Waals surface area contributed by atoms with Crippen molar-refractivity contribution in [3.63, 3.8) is 0 Å². The van der Waals surface area contributed by atoms with Crippen LogP contribution in [0.5, 0.6) is 0 Å². The first-order valence-electron chi connectivity index (χ1n) is 5.73. The summed E-state index contributed by atoms with van der Waals surface area (Å²) in [7, 11) is 1.66. The minimum absolute atomic E-state index is 0.0899. The predicted molar refractivity (Wildman–Crippen MR) is 69.8 cm³/mol. The fraction of sp³-hybridized carbons (Fsp3) is 0.385. The number of carboxylic acids is 1. The topological polar surface area (TPSA) is 69.6 Å². The second-order valence-corrected chi connectivity index (χ2v) is 4.29. The minimum atomic E-state index is -0.929. The van der Waals surface area contributed by atoms with Crippen LogP contribution in [0.4, 0.5) is 10.5 Å². The molecule has 0 aromatic heterocycles. The van der Waals surface area contributed by atoms with Crippen LogP contribution in [0.3, 0.4) is 0 Å². The second-order valence-electron chi connectivity index (χ2n) is 4.29. The van der Waals surface area contributed by atoms with E-state index >= 15 is 0 Å². The van der Waals surface area contributed by atoms with Gasteiger partial charge in [-0.2, -0.15) is 0 Å². The average molecular weight is 250 g/mol. The van der Waals surface area contributed by atoms with Gasteiger partial charge in [0.1, 0.15) is 0 Å². The summed E-state index contributed by atoms with van der Waals surface area (Å²) in [6.45, 7) is 3.58. The quantitative estimate of drug-likeness (QED) is 0.858. The Hall–Kier alpha value is -2.04. The number of aliphatic carboxylic acids is 1. The highest BCUT2D eigenvalue weighted by Gasteiger charge is 2.16. The number of para-hydroxylation sites is 1. The van der Waals surface area contributed by atoms with Gasteiger partial charge in [-0.05, 0) is 25.5 Å². The van der Waals surface area contributed by atoms with Crippen LogP contribution in [-0.4, -0.2) is 30.2 Å². The molecule has 2 amide bonds. The molecule has 0 saturated heterocycles. The summed E-state index contributed by atoms with van der Waals surface area (Å²) >= 11 is 0. The molecule has 5 nitrogen and oxygen atoms in total.